The van der Waals surface area contributed by atoms with Crippen LogP contribution in [0.4, 0.5) is 0 Å². The summed E-state index contributed by atoms with van der Waals surface area (Å²) < 4.78 is 0. The number of nitrogens with zero attached hydrogens (tertiary/aromatic N) is 1. The molecule has 1 heteroatoms. The van der Waals surface area contributed by atoms with Gasteiger partial charge in [-0.2, -0.15) is 0 Å². The molecule has 1 fully saturated rings. The monoisotopic (exact) mass is 351 g/mol. The molecule has 1 aliphatic rings. The Morgan fingerprint density at radius 2 is 1.08 bits per heavy atom. The van der Waals surface area contributed by atoms with Gasteiger partial charge in [0.15, 0.2) is 0 Å². The first-order valence-corrected chi connectivity index (χ1v) is 11.8. The smallest absolute Gasteiger partial charge is 0.00893 e. The SMILES string of the molecule is CCCCCCCCC(CCCCCCC)[C@H]1CC[C@H](N(C)C)CC1. The highest BCUT2D eigenvalue weighted by Crippen LogP contribution is 2.37. The Morgan fingerprint density at radius 1 is 0.640 bits per heavy atom. The van der Waals surface area contributed by atoms with E-state index in [0.29, 0.717) is 0 Å². The Labute approximate surface area is 160 Å². The topological polar surface area (TPSA) is 3.24 Å². The van der Waals surface area contributed by atoms with Crippen molar-refractivity contribution < 1.29 is 0 Å². The van der Waals surface area contributed by atoms with Crippen LogP contribution in [-0.4, -0.2) is 25.0 Å². The second-order valence-corrected chi connectivity index (χ2v) is 9.05. The van der Waals surface area contributed by atoms with Crippen molar-refractivity contribution in [1.82, 2.24) is 4.90 Å². The van der Waals surface area contributed by atoms with Gasteiger partial charge in [-0.3, -0.25) is 0 Å². The van der Waals surface area contributed by atoms with E-state index in [1.807, 2.05) is 0 Å². The van der Waals surface area contributed by atoms with Crippen molar-refractivity contribution in [1.29, 1.82) is 0 Å². The molecule has 0 bridgehead atoms. The van der Waals surface area contributed by atoms with Crippen LogP contribution in [0.15, 0.2) is 0 Å². The number of hydrogen-bond acceptors (Lipinski definition) is 1. The van der Waals surface area contributed by atoms with Crippen LogP contribution in [0.1, 0.15) is 123 Å². The number of rotatable bonds is 15. The molecule has 0 aliphatic heterocycles. The molecular weight excluding hydrogens is 302 g/mol. The Kier molecular flexibility index (Phi) is 13.9. The summed E-state index contributed by atoms with van der Waals surface area (Å²) in [6.07, 6.45) is 24.9. The van der Waals surface area contributed by atoms with E-state index in [-0.39, 0.29) is 0 Å². The van der Waals surface area contributed by atoms with Crippen molar-refractivity contribution in [2.24, 2.45) is 11.8 Å². The van der Waals surface area contributed by atoms with Gasteiger partial charge in [0.2, 0.25) is 0 Å². The van der Waals surface area contributed by atoms with Crippen LogP contribution >= 0.6 is 0 Å². The van der Waals surface area contributed by atoms with E-state index in [4.69, 9.17) is 0 Å². The average Bonchev–Trinajstić information content (AvgIpc) is 2.62. The molecule has 1 rings (SSSR count). The molecule has 0 aromatic heterocycles. The maximum absolute atomic E-state index is 2.46. The molecule has 1 aliphatic carbocycles. The Balaban J connectivity index is 2.31. The first-order valence-electron chi connectivity index (χ1n) is 11.8. The van der Waals surface area contributed by atoms with Gasteiger partial charge in [0.1, 0.15) is 0 Å². The lowest BCUT2D eigenvalue weighted by molar-refractivity contribution is 0.146. The molecule has 0 radical (unpaired) electrons. The lowest BCUT2D eigenvalue weighted by Gasteiger charge is -2.36. The van der Waals surface area contributed by atoms with Crippen molar-refractivity contribution >= 4 is 0 Å². The third-order valence-electron chi connectivity index (χ3n) is 6.75. The van der Waals surface area contributed by atoms with Gasteiger partial charge in [-0.25, -0.2) is 0 Å². The molecule has 1 atom stereocenters. The third-order valence-corrected chi connectivity index (χ3v) is 6.75. The van der Waals surface area contributed by atoms with Crippen LogP contribution in [0.3, 0.4) is 0 Å². The third kappa shape index (κ3) is 10.6. The normalized spacial score (nSPS) is 22.4. The zero-order valence-corrected chi connectivity index (χ0v) is 18.2. The van der Waals surface area contributed by atoms with Gasteiger partial charge in [0.25, 0.3) is 0 Å². The van der Waals surface area contributed by atoms with Crippen LogP contribution in [0.25, 0.3) is 0 Å². The zero-order valence-electron chi connectivity index (χ0n) is 18.2. The highest BCUT2D eigenvalue weighted by atomic mass is 15.1. The van der Waals surface area contributed by atoms with Crippen molar-refractivity contribution in [3.8, 4) is 0 Å². The first kappa shape index (κ1) is 23.0. The highest BCUT2D eigenvalue weighted by Gasteiger charge is 2.27. The molecule has 0 heterocycles. The zero-order chi connectivity index (χ0) is 18.3. The largest absolute Gasteiger partial charge is 0.306 e. The summed E-state index contributed by atoms with van der Waals surface area (Å²) in [5.41, 5.74) is 0. The molecule has 0 saturated heterocycles. The van der Waals surface area contributed by atoms with Gasteiger partial charge >= 0.3 is 0 Å². The van der Waals surface area contributed by atoms with E-state index in [1.165, 1.54) is 109 Å². The Morgan fingerprint density at radius 3 is 1.52 bits per heavy atom. The lowest BCUT2D eigenvalue weighted by Crippen LogP contribution is -2.34. The summed E-state index contributed by atoms with van der Waals surface area (Å²) >= 11 is 0. The van der Waals surface area contributed by atoms with Crippen molar-refractivity contribution in [2.75, 3.05) is 14.1 Å². The molecular formula is C24H49N. The summed E-state index contributed by atoms with van der Waals surface area (Å²) in [4.78, 5) is 2.46. The summed E-state index contributed by atoms with van der Waals surface area (Å²) in [6.45, 7) is 4.64. The van der Waals surface area contributed by atoms with Crippen molar-refractivity contribution in [3.05, 3.63) is 0 Å². The summed E-state index contributed by atoms with van der Waals surface area (Å²) in [6, 6.07) is 0.857. The molecule has 0 N–H and O–H groups in total. The molecule has 0 aromatic rings. The van der Waals surface area contributed by atoms with Crippen molar-refractivity contribution in [3.63, 3.8) is 0 Å². The van der Waals surface area contributed by atoms with Crippen LogP contribution in [0, 0.1) is 11.8 Å². The maximum Gasteiger partial charge on any atom is 0.00893 e. The van der Waals surface area contributed by atoms with Gasteiger partial charge in [-0.05, 0) is 51.6 Å². The summed E-state index contributed by atoms with van der Waals surface area (Å²) in [5.74, 6) is 2.08. The average molecular weight is 352 g/mol. The Bertz CT molecular complexity index is 278. The number of unbranched alkanes of at least 4 members (excludes halogenated alkanes) is 9. The first-order chi connectivity index (χ1) is 12.2. The molecule has 1 unspecified atom stereocenters. The lowest BCUT2D eigenvalue weighted by atomic mass is 9.74. The Hall–Kier alpha value is -0.0400. The molecule has 1 nitrogen and oxygen atoms in total. The predicted molar refractivity (Wildman–Crippen MR) is 114 cm³/mol. The van der Waals surface area contributed by atoms with E-state index < -0.39 is 0 Å². The van der Waals surface area contributed by atoms with Crippen LogP contribution in [0.5, 0.6) is 0 Å². The summed E-state index contributed by atoms with van der Waals surface area (Å²) in [5, 5.41) is 0. The van der Waals surface area contributed by atoms with E-state index >= 15 is 0 Å². The predicted octanol–water partition coefficient (Wildman–Crippen LogP) is 7.83. The fourth-order valence-electron chi connectivity index (χ4n) is 4.90. The van der Waals surface area contributed by atoms with Gasteiger partial charge < -0.3 is 4.90 Å². The second-order valence-electron chi connectivity index (χ2n) is 9.05. The van der Waals surface area contributed by atoms with E-state index in [2.05, 4.69) is 32.8 Å². The number of hydrogen-bond donors (Lipinski definition) is 0. The summed E-state index contributed by atoms with van der Waals surface area (Å²) in [7, 11) is 4.54. The van der Waals surface area contributed by atoms with E-state index in [9.17, 15) is 0 Å². The minimum absolute atomic E-state index is 0.857. The fraction of sp³-hybridized carbons (Fsp3) is 1.00. The van der Waals surface area contributed by atoms with Gasteiger partial charge in [0, 0.05) is 6.04 Å². The highest BCUT2D eigenvalue weighted by molar-refractivity contribution is 4.81. The van der Waals surface area contributed by atoms with E-state index in [1.54, 1.807) is 0 Å². The molecule has 0 amide bonds. The van der Waals surface area contributed by atoms with Crippen LogP contribution < -0.4 is 0 Å². The van der Waals surface area contributed by atoms with Crippen LogP contribution in [-0.2, 0) is 0 Å². The standard InChI is InChI=1S/C24H49N/c1-5-7-9-11-13-15-17-22(16-14-12-10-8-6-2)23-18-20-24(21-19-23)25(3)4/h22-24H,5-21H2,1-4H3/t22?,23-,24-. The minimum Gasteiger partial charge on any atom is -0.306 e. The van der Waals surface area contributed by atoms with Gasteiger partial charge in [-0.1, -0.05) is 97.3 Å². The molecule has 0 spiro atoms. The molecule has 0 aromatic carbocycles. The van der Waals surface area contributed by atoms with Crippen molar-refractivity contribution in [2.45, 2.75) is 129 Å². The molecule has 150 valence electrons. The van der Waals surface area contributed by atoms with Gasteiger partial charge in [-0.15, -0.1) is 0 Å². The molecule has 1 saturated carbocycles. The molecule has 25 heavy (non-hydrogen) atoms. The van der Waals surface area contributed by atoms with E-state index in [0.717, 1.165) is 17.9 Å². The second kappa shape index (κ2) is 15.1. The minimum atomic E-state index is 0.857. The quantitative estimate of drug-likeness (QED) is 0.272. The maximum atomic E-state index is 2.46. The van der Waals surface area contributed by atoms with Crippen LogP contribution in [0.2, 0.25) is 0 Å². The fourth-order valence-corrected chi connectivity index (χ4v) is 4.90. The van der Waals surface area contributed by atoms with Gasteiger partial charge in [0.05, 0.1) is 0 Å².